The van der Waals surface area contributed by atoms with Gasteiger partial charge in [-0.15, -0.1) is 0 Å². The van der Waals surface area contributed by atoms with E-state index in [1.54, 1.807) is 0 Å². The zero-order valence-corrected chi connectivity index (χ0v) is 13.3. The number of anilines is 2. The van der Waals surface area contributed by atoms with E-state index in [2.05, 4.69) is 42.7 Å². The van der Waals surface area contributed by atoms with E-state index in [0.717, 1.165) is 23.8 Å². The molecule has 5 nitrogen and oxygen atoms in total. The Morgan fingerprint density at radius 2 is 2.10 bits per heavy atom. The van der Waals surface area contributed by atoms with Gasteiger partial charge in [0, 0.05) is 31.1 Å². The van der Waals surface area contributed by atoms with Crippen molar-refractivity contribution in [3.05, 3.63) is 11.4 Å². The van der Waals surface area contributed by atoms with E-state index in [0.29, 0.717) is 17.8 Å². The summed E-state index contributed by atoms with van der Waals surface area (Å²) in [6.45, 7) is 8.38. The first-order valence-corrected chi connectivity index (χ1v) is 7.45. The molecule has 0 aromatic carbocycles. The van der Waals surface area contributed by atoms with Crippen LogP contribution in [0.4, 0.5) is 11.6 Å². The first-order chi connectivity index (χ1) is 9.40. The lowest BCUT2D eigenvalue weighted by atomic mass is 10.1. The van der Waals surface area contributed by atoms with Gasteiger partial charge in [0.1, 0.15) is 17.5 Å². The van der Waals surface area contributed by atoms with Crippen LogP contribution in [0.3, 0.4) is 0 Å². The third-order valence-corrected chi connectivity index (χ3v) is 4.21. The fraction of sp³-hybridized carbons (Fsp3) is 0.733. The summed E-state index contributed by atoms with van der Waals surface area (Å²) in [5.41, 5.74) is 7.03. The number of likely N-dealkylation sites (tertiary alicyclic amines) is 1. The largest absolute Gasteiger partial charge is 0.383 e. The van der Waals surface area contributed by atoms with E-state index >= 15 is 0 Å². The molecular weight excluding hydrogens is 250 g/mol. The molecule has 0 amide bonds. The molecule has 0 saturated carbocycles. The molecule has 1 aliphatic rings. The van der Waals surface area contributed by atoms with Crippen LogP contribution in [0.5, 0.6) is 0 Å². The summed E-state index contributed by atoms with van der Waals surface area (Å²) in [6.07, 6.45) is 2.55. The fourth-order valence-electron chi connectivity index (χ4n) is 2.78. The van der Waals surface area contributed by atoms with E-state index in [9.17, 15) is 0 Å². The van der Waals surface area contributed by atoms with Crippen molar-refractivity contribution in [2.75, 3.05) is 37.8 Å². The highest BCUT2D eigenvalue weighted by molar-refractivity contribution is 5.56. The molecule has 1 aromatic heterocycles. The van der Waals surface area contributed by atoms with Gasteiger partial charge in [0.05, 0.1) is 0 Å². The first kappa shape index (κ1) is 15.0. The van der Waals surface area contributed by atoms with Crippen molar-refractivity contribution in [3.63, 3.8) is 0 Å². The van der Waals surface area contributed by atoms with E-state index in [-0.39, 0.29) is 0 Å². The van der Waals surface area contributed by atoms with Gasteiger partial charge in [0.25, 0.3) is 0 Å². The number of nitrogens with zero attached hydrogens (tertiary/aromatic N) is 4. The zero-order chi connectivity index (χ0) is 14.9. The van der Waals surface area contributed by atoms with Gasteiger partial charge >= 0.3 is 0 Å². The maximum atomic E-state index is 6.04. The van der Waals surface area contributed by atoms with Crippen molar-refractivity contribution in [2.45, 2.75) is 45.6 Å². The van der Waals surface area contributed by atoms with Crippen LogP contribution in [0.1, 0.15) is 44.0 Å². The number of nitrogen functional groups attached to an aromatic ring is 1. The van der Waals surface area contributed by atoms with Gasteiger partial charge in [0.15, 0.2) is 0 Å². The Hall–Kier alpha value is -1.36. The molecule has 112 valence electrons. The standard InChI is InChI=1S/C15H27N5/c1-10(2)14-17-13(16)11(3)15(18-14)20(5)9-12-7-6-8-19(12)4/h10,12H,6-9H2,1-5H3,(H2,16,17,18). The Morgan fingerprint density at radius 3 is 2.65 bits per heavy atom. The zero-order valence-electron chi connectivity index (χ0n) is 13.3. The molecule has 1 unspecified atom stereocenters. The molecule has 1 fully saturated rings. The smallest absolute Gasteiger partial charge is 0.137 e. The third kappa shape index (κ3) is 3.03. The number of nitrogens with two attached hydrogens (primary N) is 1. The lowest BCUT2D eigenvalue weighted by molar-refractivity contribution is 0.314. The van der Waals surface area contributed by atoms with Crippen molar-refractivity contribution in [1.29, 1.82) is 0 Å². The molecule has 5 heteroatoms. The fourth-order valence-corrected chi connectivity index (χ4v) is 2.78. The summed E-state index contributed by atoms with van der Waals surface area (Å²) in [5.74, 6) is 2.70. The van der Waals surface area contributed by atoms with Gasteiger partial charge < -0.3 is 15.5 Å². The minimum absolute atomic E-state index is 0.291. The predicted octanol–water partition coefficient (Wildman–Crippen LogP) is 2.02. The average molecular weight is 277 g/mol. The SMILES string of the molecule is Cc1c(N)nc(C(C)C)nc1N(C)CC1CCCN1C. The van der Waals surface area contributed by atoms with E-state index < -0.39 is 0 Å². The molecule has 1 atom stereocenters. The Morgan fingerprint density at radius 1 is 1.40 bits per heavy atom. The lowest BCUT2D eigenvalue weighted by Crippen LogP contribution is -2.37. The van der Waals surface area contributed by atoms with Crippen molar-refractivity contribution >= 4 is 11.6 Å². The van der Waals surface area contributed by atoms with E-state index in [1.807, 2.05) is 6.92 Å². The van der Waals surface area contributed by atoms with Crippen LogP contribution in [0.2, 0.25) is 0 Å². The Bertz CT molecular complexity index is 472. The second-order valence-electron chi connectivity index (χ2n) is 6.23. The number of hydrogen-bond donors (Lipinski definition) is 1. The van der Waals surface area contributed by atoms with Crippen molar-refractivity contribution in [3.8, 4) is 0 Å². The van der Waals surface area contributed by atoms with Crippen LogP contribution in [0, 0.1) is 6.92 Å². The third-order valence-electron chi connectivity index (χ3n) is 4.21. The summed E-state index contributed by atoms with van der Waals surface area (Å²) < 4.78 is 0. The number of rotatable bonds is 4. The van der Waals surface area contributed by atoms with Gasteiger partial charge in [-0.1, -0.05) is 13.8 Å². The van der Waals surface area contributed by atoms with Gasteiger partial charge in [-0.05, 0) is 33.4 Å². The minimum atomic E-state index is 0.291. The second kappa shape index (κ2) is 5.95. The first-order valence-electron chi connectivity index (χ1n) is 7.45. The highest BCUT2D eigenvalue weighted by Gasteiger charge is 2.24. The molecule has 2 N–H and O–H groups in total. The summed E-state index contributed by atoms with van der Waals surface area (Å²) in [5, 5.41) is 0. The van der Waals surface area contributed by atoms with Crippen LogP contribution >= 0.6 is 0 Å². The molecule has 2 heterocycles. The normalized spacial score (nSPS) is 19.8. The summed E-state index contributed by atoms with van der Waals surface area (Å²) >= 11 is 0. The van der Waals surface area contributed by atoms with Crippen molar-refractivity contribution in [2.24, 2.45) is 0 Å². The van der Waals surface area contributed by atoms with Gasteiger partial charge in [-0.25, -0.2) is 9.97 Å². The average Bonchev–Trinajstić information content (AvgIpc) is 2.77. The number of aromatic nitrogens is 2. The number of hydrogen-bond acceptors (Lipinski definition) is 5. The summed E-state index contributed by atoms with van der Waals surface area (Å²) in [6, 6.07) is 0.609. The maximum Gasteiger partial charge on any atom is 0.137 e. The predicted molar refractivity (Wildman–Crippen MR) is 84.2 cm³/mol. The minimum Gasteiger partial charge on any atom is -0.383 e. The monoisotopic (exact) mass is 277 g/mol. The second-order valence-corrected chi connectivity index (χ2v) is 6.23. The molecule has 1 aliphatic heterocycles. The molecule has 2 rings (SSSR count). The van der Waals surface area contributed by atoms with Crippen LogP contribution in [0.15, 0.2) is 0 Å². The van der Waals surface area contributed by atoms with Crippen molar-refractivity contribution in [1.82, 2.24) is 14.9 Å². The summed E-state index contributed by atoms with van der Waals surface area (Å²) in [7, 11) is 4.30. The van der Waals surface area contributed by atoms with Crippen LogP contribution < -0.4 is 10.6 Å². The highest BCUT2D eigenvalue weighted by Crippen LogP contribution is 2.25. The van der Waals surface area contributed by atoms with Crippen molar-refractivity contribution < 1.29 is 0 Å². The van der Waals surface area contributed by atoms with Crippen LogP contribution in [-0.4, -0.2) is 48.1 Å². The quantitative estimate of drug-likeness (QED) is 0.912. The molecule has 20 heavy (non-hydrogen) atoms. The molecule has 0 spiro atoms. The maximum absolute atomic E-state index is 6.04. The summed E-state index contributed by atoms with van der Waals surface area (Å²) in [4.78, 5) is 13.8. The van der Waals surface area contributed by atoms with Crippen LogP contribution in [-0.2, 0) is 0 Å². The molecule has 1 saturated heterocycles. The van der Waals surface area contributed by atoms with Crippen LogP contribution in [0.25, 0.3) is 0 Å². The molecule has 1 aromatic rings. The van der Waals surface area contributed by atoms with Gasteiger partial charge in [-0.2, -0.15) is 0 Å². The topological polar surface area (TPSA) is 58.3 Å². The molecule has 0 bridgehead atoms. The lowest BCUT2D eigenvalue weighted by Gasteiger charge is -2.28. The van der Waals surface area contributed by atoms with Gasteiger partial charge in [-0.3, -0.25) is 0 Å². The van der Waals surface area contributed by atoms with E-state index in [4.69, 9.17) is 10.7 Å². The highest BCUT2D eigenvalue weighted by atomic mass is 15.2. The Balaban J connectivity index is 2.22. The van der Waals surface area contributed by atoms with E-state index in [1.165, 1.54) is 19.4 Å². The molecule has 0 aliphatic carbocycles. The van der Waals surface area contributed by atoms with Gasteiger partial charge in [0.2, 0.25) is 0 Å². The Kier molecular flexibility index (Phi) is 4.48. The number of likely N-dealkylation sites (N-methyl/N-ethyl adjacent to an activating group) is 2. The molecular formula is C15H27N5. The molecule has 0 radical (unpaired) electrons. The Labute approximate surface area is 122 Å².